The first kappa shape index (κ1) is 13.9. The lowest BCUT2D eigenvalue weighted by Crippen LogP contribution is -2.24. The number of benzene rings is 1. The second-order valence-electron chi connectivity index (χ2n) is 5.41. The summed E-state index contributed by atoms with van der Waals surface area (Å²) in [5, 5.41) is 0. The Bertz CT molecular complexity index is 628. The van der Waals surface area contributed by atoms with Crippen LogP contribution in [0.15, 0.2) is 22.7 Å². The molecule has 1 heterocycles. The smallest absolute Gasteiger partial charge is 0.150 e. The minimum absolute atomic E-state index is 0.249. The van der Waals surface area contributed by atoms with Gasteiger partial charge in [0, 0.05) is 15.5 Å². The molecule has 0 aliphatic heterocycles. The molecule has 0 saturated heterocycles. The lowest BCUT2D eigenvalue weighted by molar-refractivity contribution is 0.532. The van der Waals surface area contributed by atoms with Crippen LogP contribution >= 0.6 is 15.9 Å². The molecule has 0 radical (unpaired) electrons. The fraction of sp³-hybridized carbons (Fsp3) is 0.308. The van der Waals surface area contributed by atoms with Gasteiger partial charge in [0.1, 0.15) is 17.3 Å². The molecule has 0 bridgehead atoms. The van der Waals surface area contributed by atoms with Crippen LogP contribution in [0.4, 0.5) is 10.2 Å². The summed E-state index contributed by atoms with van der Waals surface area (Å²) in [4.78, 5) is 4.47. The van der Waals surface area contributed by atoms with Crippen LogP contribution in [0.1, 0.15) is 26.6 Å². The van der Waals surface area contributed by atoms with E-state index in [-0.39, 0.29) is 11.2 Å². The second kappa shape index (κ2) is 4.52. The Hall–Kier alpha value is -1.56. The van der Waals surface area contributed by atoms with E-state index in [1.165, 1.54) is 16.8 Å². The first-order valence-electron chi connectivity index (χ1n) is 5.81. The first-order chi connectivity index (χ1) is 8.71. The summed E-state index contributed by atoms with van der Waals surface area (Å²) in [6, 6.07) is 4.37. The van der Waals surface area contributed by atoms with Crippen LogP contribution in [0.25, 0.3) is 11.3 Å². The van der Waals surface area contributed by atoms with E-state index in [4.69, 9.17) is 11.6 Å². The number of imidazole rings is 1. The fourth-order valence-corrected chi connectivity index (χ4v) is 2.29. The predicted octanol–water partition coefficient (Wildman–Crippen LogP) is 3.05. The molecule has 2 aromatic rings. The van der Waals surface area contributed by atoms with Crippen molar-refractivity contribution < 1.29 is 4.39 Å². The van der Waals surface area contributed by atoms with Crippen molar-refractivity contribution in [1.82, 2.24) is 9.66 Å². The highest BCUT2D eigenvalue weighted by molar-refractivity contribution is 9.10. The molecule has 1 aromatic carbocycles. The fourth-order valence-electron chi connectivity index (χ4n) is 1.85. The molecule has 0 amide bonds. The summed E-state index contributed by atoms with van der Waals surface area (Å²) in [6.07, 6.45) is 0. The molecule has 102 valence electrons. The van der Waals surface area contributed by atoms with Gasteiger partial charge in [-0.2, -0.15) is 0 Å². The molecular weight excluding hydrogens is 311 g/mol. The van der Waals surface area contributed by atoms with Gasteiger partial charge in [-0.1, -0.05) is 36.7 Å². The molecule has 0 saturated carbocycles. The van der Waals surface area contributed by atoms with Crippen LogP contribution < -0.4 is 11.6 Å². The lowest BCUT2D eigenvalue weighted by Gasteiger charge is -2.17. The van der Waals surface area contributed by atoms with Gasteiger partial charge in [0.15, 0.2) is 5.82 Å². The molecule has 0 unspecified atom stereocenters. The quantitative estimate of drug-likeness (QED) is 0.791. The highest BCUT2D eigenvalue weighted by Crippen LogP contribution is 2.34. The van der Waals surface area contributed by atoms with Crippen molar-refractivity contribution in [3.05, 3.63) is 34.3 Å². The highest BCUT2D eigenvalue weighted by Gasteiger charge is 2.25. The predicted molar refractivity (Wildman–Crippen MR) is 78.6 cm³/mol. The Balaban J connectivity index is 2.67. The molecule has 4 N–H and O–H groups in total. The van der Waals surface area contributed by atoms with E-state index in [1.54, 1.807) is 6.07 Å². The Labute approximate surface area is 119 Å². The van der Waals surface area contributed by atoms with Gasteiger partial charge in [-0.3, -0.25) is 0 Å². The number of nitrogens with two attached hydrogens (primary N) is 2. The molecule has 0 fully saturated rings. The second-order valence-corrected chi connectivity index (χ2v) is 6.27. The third kappa shape index (κ3) is 2.45. The van der Waals surface area contributed by atoms with E-state index in [0.29, 0.717) is 22.9 Å². The zero-order chi connectivity index (χ0) is 14.4. The van der Waals surface area contributed by atoms with Crippen molar-refractivity contribution in [3.8, 4) is 11.3 Å². The summed E-state index contributed by atoms with van der Waals surface area (Å²) in [7, 11) is 0. The maximum Gasteiger partial charge on any atom is 0.150 e. The largest absolute Gasteiger partial charge is 0.382 e. The number of hydrogen-bond donors (Lipinski definition) is 2. The van der Waals surface area contributed by atoms with E-state index in [9.17, 15) is 4.39 Å². The molecule has 0 spiro atoms. The summed E-state index contributed by atoms with van der Waals surface area (Å²) in [5.74, 6) is 6.55. The van der Waals surface area contributed by atoms with Gasteiger partial charge in [0.25, 0.3) is 0 Å². The van der Waals surface area contributed by atoms with Crippen LogP contribution in [0.3, 0.4) is 0 Å². The molecule has 0 aliphatic rings. The Kier molecular flexibility index (Phi) is 3.30. The summed E-state index contributed by atoms with van der Waals surface area (Å²) in [5.41, 5.74) is 6.81. The maximum atomic E-state index is 13.4. The monoisotopic (exact) mass is 326 g/mol. The van der Waals surface area contributed by atoms with E-state index in [0.717, 1.165) is 4.47 Å². The van der Waals surface area contributed by atoms with Crippen LogP contribution in [0.2, 0.25) is 0 Å². The zero-order valence-corrected chi connectivity index (χ0v) is 12.6. The third-order valence-electron chi connectivity index (χ3n) is 2.80. The highest BCUT2D eigenvalue weighted by atomic mass is 79.9. The zero-order valence-electron chi connectivity index (χ0n) is 11.0. The van der Waals surface area contributed by atoms with Crippen molar-refractivity contribution in [1.29, 1.82) is 0 Å². The number of hydrogen-bond acceptors (Lipinski definition) is 3. The van der Waals surface area contributed by atoms with Crippen molar-refractivity contribution in [2.45, 2.75) is 26.2 Å². The number of nitrogen functional groups attached to an aromatic ring is 2. The van der Waals surface area contributed by atoms with Crippen LogP contribution in [0, 0.1) is 5.82 Å². The SMILES string of the molecule is CC(C)(C)c1nc(-c2cc(F)ccc2Br)c(N)n1N. The molecule has 0 atom stereocenters. The molecule has 0 aliphatic carbocycles. The average molecular weight is 327 g/mol. The first-order valence-corrected chi connectivity index (χ1v) is 6.60. The van der Waals surface area contributed by atoms with Gasteiger partial charge >= 0.3 is 0 Å². The number of aromatic nitrogens is 2. The number of halogens is 2. The molecule has 6 heteroatoms. The minimum Gasteiger partial charge on any atom is -0.382 e. The van der Waals surface area contributed by atoms with E-state index in [1.807, 2.05) is 20.8 Å². The summed E-state index contributed by atoms with van der Waals surface area (Å²) in [6.45, 7) is 5.97. The maximum absolute atomic E-state index is 13.4. The third-order valence-corrected chi connectivity index (χ3v) is 3.49. The lowest BCUT2D eigenvalue weighted by atomic mass is 9.96. The summed E-state index contributed by atoms with van der Waals surface area (Å²) >= 11 is 3.37. The van der Waals surface area contributed by atoms with Gasteiger partial charge < -0.3 is 11.6 Å². The van der Waals surface area contributed by atoms with Crippen LogP contribution in [-0.4, -0.2) is 9.66 Å². The van der Waals surface area contributed by atoms with Gasteiger partial charge in [-0.15, -0.1) is 0 Å². The number of rotatable bonds is 1. The van der Waals surface area contributed by atoms with Gasteiger partial charge in [-0.25, -0.2) is 14.1 Å². The Morgan fingerprint density at radius 3 is 2.47 bits per heavy atom. The molecule has 4 nitrogen and oxygen atoms in total. The summed E-state index contributed by atoms with van der Waals surface area (Å²) < 4.78 is 15.5. The van der Waals surface area contributed by atoms with Crippen molar-refractivity contribution >= 4 is 21.7 Å². The molecule has 1 aromatic heterocycles. The van der Waals surface area contributed by atoms with Crippen molar-refractivity contribution in [3.63, 3.8) is 0 Å². The molecule has 2 rings (SSSR count). The van der Waals surface area contributed by atoms with Gasteiger partial charge in [-0.05, 0) is 18.2 Å². The van der Waals surface area contributed by atoms with E-state index in [2.05, 4.69) is 20.9 Å². The molecular formula is C13H16BrFN4. The Morgan fingerprint density at radius 1 is 1.32 bits per heavy atom. The molecule has 19 heavy (non-hydrogen) atoms. The topological polar surface area (TPSA) is 69.9 Å². The van der Waals surface area contributed by atoms with Crippen LogP contribution in [-0.2, 0) is 5.41 Å². The average Bonchev–Trinajstić information content (AvgIpc) is 2.59. The number of anilines is 1. The van der Waals surface area contributed by atoms with Crippen LogP contribution in [0.5, 0.6) is 0 Å². The van der Waals surface area contributed by atoms with Gasteiger partial charge in [0.05, 0.1) is 0 Å². The van der Waals surface area contributed by atoms with Crippen molar-refractivity contribution in [2.24, 2.45) is 0 Å². The standard InChI is InChI=1S/C13H16BrFN4/c1-13(2,3)12-18-10(11(16)19(12)17)8-6-7(15)4-5-9(8)14/h4-6H,16-17H2,1-3H3. The number of nitrogens with zero attached hydrogens (tertiary/aromatic N) is 2. The van der Waals surface area contributed by atoms with E-state index >= 15 is 0 Å². The van der Waals surface area contributed by atoms with Crippen molar-refractivity contribution in [2.75, 3.05) is 11.6 Å². The van der Waals surface area contributed by atoms with Gasteiger partial charge in [0.2, 0.25) is 0 Å². The normalized spacial score (nSPS) is 11.8. The Morgan fingerprint density at radius 2 is 1.95 bits per heavy atom. The van der Waals surface area contributed by atoms with E-state index < -0.39 is 0 Å². The minimum atomic E-state index is -0.346.